The van der Waals surface area contributed by atoms with E-state index in [4.69, 9.17) is 17.2 Å². The zero-order valence-corrected chi connectivity index (χ0v) is 6.23. The Kier molecular flexibility index (Phi) is 2.21. The van der Waals surface area contributed by atoms with Crippen LogP contribution in [-0.2, 0) is 0 Å². The normalized spacial score (nSPS) is 11.2. The summed E-state index contributed by atoms with van der Waals surface area (Å²) in [6.07, 6.45) is 2.93. The zero-order chi connectivity index (χ0) is 8.97. The van der Waals surface area contributed by atoms with Gasteiger partial charge in [0.05, 0.1) is 0 Å². The lowest BCUT2D eigenvalue weighted by Gasteiger charge is -1.84. The van der Waals surface area contributed by atoms with Gasteiger partial charge in [0, 0.05) is 10.2 Å². The van der Waals surface area contributed by atoms with Crippen molar-refractivity contribution in [3.63, 3.8) is 0 Å². The molecule has 0 saturated carbocycles. The highest BCUT2D eigenvalue weighted by molar-refractivity contribution is 5.77. The molecule has 0 aromatic carbocycles. The van der Waals surface area contributed by atoms with Crippen molar-refractivity contribution in [2.75, 3.05) is 0 Å². The van der Waals surface area contributed by atoms with Crippen LogP contribution >= 0.6 is 0 Å². The quantitative estimate of drug-likeness (QED) is 0.164. The molecule has 0 atom stereocenters. The standard InChI is InChI=1S/C4H8N8/c5-3(6)10-4(7)11-12-1-8-9-2-12/h1-2H,(H6,5,6,7,10,11)/p+2. The molecular formula is C4H10N8+2. The SMILES string of the molecule is NC(=N[n+]1cn[nH]c1)[NH+]=C(N)N. The van der Waals surface area contributed by atoms with E-state index in [1.807, 2.05) is 0 Å². The second-order valence-electron chi connectivity index (χ2n) is 1.95. The van der Waals surface area contributed by atoms with Crippen LogP contribution in [0.3, 0.4) is 0 Å². The van der Waals surface area contributed by atoms with Crippen LogP contribution in [0.4, 0.5) is 0 Å². The number of aromatic nitrogens is 3. The number of aromatic amines is 1. The highest BCUT2D eigenvalue weighted by Crippen LogP contribution is 1.58. The van der Waals surface area contributed by atoms with Crippen LogP contribution in [0.15, 0.2) is 17.8 Å². The van der Waals surface area contributed by atoms with Gasteiger partial charge in [-0.25, -0.2) is 4.99 Å². The van der Waals surface area contributed by atoms with Gasteiger partial charge in [0.15, 0.2) is 0 Å². The van der Waals surface area contributed by atoms with Crippen LogP contribution in [0.5, 0.6) is 0 Å². The molecular weight excluding hydrogens is 160 g/mol. The molecule has 0 aliphatic heterocycles. The first-order chi connectivity index (χ1) is 5.68. The smallest absolute Gasteiger partial charge is 0.323 e. The Labute approximate surface area is 67.8 Å². The maximum atomic E-state index is 5.36. The number of nitrogens with one attached hydrogen (secondary N) is 2. The van der Waals surface area contributed by atoms with Gasteiger partial charge in [-0.2, -0.15) is 0 Å². The van der Waals surface area contributed by atoms with Crippen molar-refractivity contribution in [2.45, 2.75) is 0 Å². The highest BCUT2D eigenvalue weighted by Gasteiger charge is 1.99. The van der Waals surface area contributed by atoms with Gasteiger partial charge >= 0.3 is 5.96 Å². The van der Waals surface area contributed by atoms with E-state index in [1.54, 1.807) is 0 Å². The maximum absolute atomic E-state index is 5.36. The van der Waals surface area contributed by atoms with Crippen molar-refractivity contribution in [1.82, 2.24) is 10.2 Å². The molecule has 8 heteroatoms. The molecule has 0 amide bonds. The molecule has 0 fully saturated rings. The summed E-state index contributed by atoms with van der Waals surface area (Å²) in [7, 11) is 0. The molecule has 0 aliphatic rings. The first-order valence-electron chi connectivity index (χ1n) is 3.08. The molecule has 8 nitrogen and oxygen atoms in total. The summed E-state index contributed by atoms with van der Waals surface area (Å²) in [6.45, 7) is 0. The number of nitrogens with zero attached hydrogens (tertiary/aromatic N) is 3. The molecule has 1 aromatic rings. The molecule has 0 saturated heterocycles. The Balaban J connectivity index is 2.77. The number of hydrogen-bond donors (Lipinski definition) is 5. The summed E-state index contributed by atoms with van der Waals surface area (Å²) >= 11 is 0. The van der Waals surface area contributed by atoms with Crippen LogP contribution in [0.25, 0.3) is 0 Å². The molecule has 8 N–H and O–H groups in total. The molecule has 0 aliphatic carbocycles. The third-order valence-electron chi connectivity index (χ3n) is 0.936. The van der Waals surface area contributed by atoms with Crippen molar-refractivity contribution in [3.8, 4) is 0 Å². The molecule has 64 valence electrons. The Morgan fingerprint density at radius 2 is 2.25 bits per heavy atom. The second kappa shape index (κ2) is 3.32. The van der Waals surface area contributed by atoms with Gasteiger partial charge in [-0.3, -0.25) is 0 Å². The lowest BCUT2D eigenvalue weighted by Crippen LogP contribution is -2.84. The zero-order valence-electron chi connectivity index (χ0n) is 6.23. The van der Waals surface area contributed by atoms with E-state index in [2.05, 4.69) is 20.3 Å². The largest absolute Gasteiger partial charge is 0.350 e. The van der Waals surface area contributed by atoms with Crippen molar-refractivity contribution < 1.29 is 9.67 Å². The van der Waals surface area contributed by atoms with Crippen molar-refractivity contribution in [3.05, 3.63) is 12.7 Å². The molecule has 0 unspecified atom stereocenters. The summed E-state index contributed by atoms with van der Waals surface area (Å²) in [4.78, 5) is 2.42. The van der Waals surface area contributed by atoms with E-state index >= 15 is 0 Å². The number of guanidine groups is 2. The summed E-state index contributed by atoms with van der Waals surface area (Å²) in [5, 5.41) is 9.96. The molecule has 1 rings (SSSR count). The van der Waals surface area contributed by atoms with Gasteiger partial charge in [0.25, 0.3) is 18.6 Å². The lowest BCUT2D eigenvalue weighted by atomic mass is 10.9. The molecule has 12 heavy (non-hydrogen) atoms. The number of H-pyrrole nitrogens is 1. The van der Waals surface area contributed by atoms with Crippen LogP contribution in [-0.4, -0.2) is 22.1 Å². The number of rotatable bonds is 1. The fraction of sp³-hybridized carbons (Fsp3) is 0. The maximum Gasteiger partial charge on any atom is 0.350 e. The van der Waals surface area contributed by atoms with Crippen LogP contribution in [0, 0.1) is 0 Å². The number of hydrogen-bond acceptors (Lipinski definition) is 2. The molecule has 1 aromatic heterocycles. The van der Waals surface area contributed by atoms with Crippen molar-refractivity contribution >= 4 is 11.9 Å². The first kappa shape index (κ1) is 7.98. The van der Waals surface area contributed by atoms with Crippen LogP contribution in [0.1, 0.15) is 0 Å². The second-order valence-corrected chi connectivity index (χ2v) is 1.95. The third-order valence-corrected chi connectivity index (χ3v) is 0.936. The van der Waals surface area contributed by atoms with E-state index in [0.29, 0.717) is 0 Å². The average Bonchev–Trinajstić information content (AvgIpc) is 2.37. The van der Waals surface area contributed by atoms with E-state index in [0.717, 1.165) is 0 Å². The Morgan fingerprint density at radius 1 is 1.50 bits per heavy atom. The Hall–Kier alpha value is -2.12. The fourth-order valence-electron chi connectivity index (χ4n) is 0.570. The molecule has 0 spiro atoms. The van der Waals surface area contributed by atoms with Gasteiger partial charge in [0.2, 0.25) is 0 Å². The lowest BCUT2D eigenvalue weighted by molar-refractivity contribution is -0.682. The van der Waals surface area contributed by atoms with Crippen LogP contribution < -0.4 is 26.9 Å². The minimum Gasteiger partial charge on any atom is -0.323 e. The van der Waals surface area contributed by atoms with E-state index in [9.17, 15) is 0 Å². The van der Waals surface area contributed by atoms with E-state index < -0.39 is 0 Å². The molecule has 0 radical (unpaired) electrons. The van der Waals surface area contributed by atoms with Crippen molar-refractivity contribution in [2.24, 2.45) is 22.3 Å². The Bertz CT molecular complexity index is 291. The van der Waals surface area contributed by atoms with Gasteiger partial charge in [0.1, 0.15) is 0 Å². The fourth-order valence-corrected chi connectivity index (χ4v) is 0.570. The molecule has 0 bridgehead atoms. The predicted octanol–water partition coefficient (Wildman–Crippen LogP) is -4.87. The average molecular weight is 170 g/mol. The topological polar surface area (TPSA) is 137 Å². The Morgan fingerprint density at radius 3 is 2.75 bits per heavy atom. The predicted molar refractivity (Wildman–Crippen MR) is 40.1 cm³/mol. The van der Waals surface area contributed by atoms with Crippen molar-refractivity contribution in [1.29, 1.82) is 0 Å². The number of nitrogens with two attached hydrogens (primary N) is 3. The molecule has 1 heterocycles. The highest BCUT2D eigenvalue weighted by atomic mass is 15.4. The minimum absolute atomic E-state index is 0.0136. The van der Waals surface area contributed by atoms with Gasteiger partial charge in [-0.1, -0.05) is 4.68 Å². The third kappa shape index (κ3) is 2.25. The first-order valence-corrected chi connectivity index (χ1v) is 3.08. The van der Waals surface area contributed by atoms with Gasteiger partial charge < -0.3 is 17.2 Å². The summed E-state index contributed by atoms with van der Waals surface area (Å²) in [5.74, 6) is 0.0711. The summed E-state index contributed by atoms with van der Waals surface area (Å²) < 4.78 is 1.37. The van der Waals surface area contributed by atoms with Gasteiger partial charge in [-0.05, 0) is 0 Å². The summed E-state index contributed by atoms with van der Waals surface area (Å²) in [6, 6.07) is 0. The van der Waals surface area contributed by atoms with E-state index in [-0.39, 0.29) is 11.9 Å². The van der Waals surface area contributed by atoms with Gasteiger partial charge in [-0.15, -0.1) is 5.10 Å². The summed E-state index contributed by atoms with van der Waals surface area (Å²) in [5.41, 5.74) is 15.6. The monoisotopic (exact) mass is 170 g/mol. The van der Waals surface area contributed by atoms with E-state index in [1.165, 1.54) is 17.3 Å². The minimum atomic E-state index is -0.0136. The van der Waals surface area contributed by atoms with Crippen LogP contribution in [0.2, 0.25) is 0 Å².